The number of imidazole rings is 1. The first kappa shape index (κ1) is 16.4. The van der Waals surface area contributed by atoms with Gasteiger partial charge in [-0.2, -0.15) is 0 Å². The molecule has 0 saturated carbocycles. The molecule has 25 heavy (non-hydrogen) atoms. The number of aromatic nitrogens is 3. The standard InChI is InChI=1S/C18H16Cl2N4O/c19-13-8-11(10-21-17(13)20)18(25)22-12-5-6-15-14(9-12)23-16-4-2-1-3-7-24(15)16/h5-6,8-10H,1-4,7H2,(H,22,25). The summed E-state index contributed by atoms with van der Waals surface area (Å²) in [4.78, 5) is 21.0. The summed E-state index contributed by atoms with van der Waals surface area (Å²) < 4.78 is 2.29. The van der Waals surface area contributed by atoms with Gasteiger partial charge in [0, 0.05) is 24.8 Å². The van der Waals surface area contributed by atoms with Crippen LogP contribution in [0.4, 0.5) is 5.69 Å². The number of nitrogens with zero attached hydrogens (tertiary/aromatic N) is 3. The average Bonchev–Trinajstić information content (AvgIpc) is 2.77. The molecule has 3 heterocycles. The van der Waals surface area contributed by atoms with Crippen molar-refractivity contribution in [3.8, 4) is 0 Å². The van der Waals surface area contributed by atoms with Crippen LogP contribution in [0.15, 0.2) is 30.5 Å². The SMILES string of the molecule is O=C(Nc1ccc2c(c1)nc1n2CCCCC1)c1cnc(Cl)c(Cl)c1. The highest BCUT2D eigenvalue weighted by atomic mass is 35.5. The highest BCUT2D eigenvalue weighted by Gasteiger charge is 2.15. The van der Waals surface area contributed by atoms with E-state index in [-0.39, 0.29) is 16.1 Å². The van der Waals surface area contributed by atoms with Gasteiger partial charge in [0.1, 0.15) is 11.0 Å². The molecule has 0 aliphatic carbocycles. The number of benzene rings is 1. The predicted octanol–water partition coefficient (Wildman–Crippen LogP) is 4.72. The highest BCUT2D eigenvalue weighted by Crippen LogP contribution is 2.25. The molecular weight excluding hydrogens is 359 g/mol. The molecule has 1 aromatic carbocycles. The molecule has 1 amide bonds. The molecule has 0 bridgehead atoms. The van der Waals surface area contributed by atoms with E-state index in [4.69, 9.17) is 28.2 Å². The minimum atomic E-state index is -0.286. The molecule has 0 saturated heterocycles. The molecule has 5 nitrogen and oxygen atoms in total. The van der Waals surface area contributed by atoms with Crippen LogP contribution in [0.2, 0.25) is 10.2 Å². The number of carbonyl (C=O) groups excluding carboxylic acids is 1. The Labute approximate surface area is 155 Å². The van der Waals surface area contributed by atoms with Gasteiger partial charge in [0.05, 0.1) is 21.6 Å². The summed E-state index contributed by atoms with van der Waals surface area (Å²) in [5.74, 6) is 0.843. The van der Waals surface area contributed by atoms with Crippen molar-refractivity contribution in [2.24, 2.45) is 0 Å². The smallest absolute Gasteiger partial charge is 0.257 e. The molecule has 0 fully saturated rings. The second-order valence-corrected chi connectivity index (χ2v) is 6.91. The number of aryl methyl sites for hydroxylation is 2. The maximum atomic E-state index is 12.4. The third kappa shape index (κ3) is 3.22. The van der Waals surface area contributed by atoms with E-state index in [1.54, 1.807) is 0 Å². The maximum Gasteiger partial charge on any atom is 0.257 e. The number of anilines is 1. The zero-order valence-corrected chi connectivity index (χ0v) is 14.9. The molecule has 128 valence electrons. The zero-order chi connectivity index (χ0) is 17.4. The monoisotopic (exact) mass is 374 g/mol. The zero-order valence-electron chi connectivity index (χ0n) is 13.4. The molecule has 0 unspecified atom stereocenters. The second kappa shape index (κ2) is 6.65. The van der Waals surface area contributed by atoms with Crippen LogP contribution >= 0.6 is 23.2 Å². The molecule has 2 aromatic heterocycles. The quantitative estimate of drug-likeness (QED) is 0.660. The van der Waals surface area contributed by atoms with Gasteiger partial charge < -0.3 is 9.88 Å². The Bertz CT molecular complexity index is 967. The Balaban J connectivity index is 1.61. The third-order valence-corrected chi connectivity index (χ3v) is 5.11. The lowest BCUT2D eigenvalue weighted by atomic mass is 10.2. The van der Waals surface area contributed by atoms with Gasteiger partial charge in [-0.25, -0.2) is 9.97 Å². The molecule has 0 atom stereocenters. The number of amides is 1. The molecule has 4 rings (SSSR count). The van der Waals surface area contributed by atoms with Crippen LogP contribution in [0.25, 0.3) is 11.0 Å². The molecule has 0 spiro atoms. The first-order valence-corrected chi connectivity index (χ1v) is 8.99. The van der Waals surface area contributed by atoms with Gasteiger partial charge >= 0.3 is 0 Å². The molecule has 7 heteroatoms. The van der Waals surface area contributed by atoms with Crippen LogP contribution in [-0.4, -0.2) is 20.4 Å². The molecule has 0 radical (unpaired) electrons. The summed E-state index contributed by atoms with van der Waals surface area (Å²) in [7, 11) is 0. The summed E-state index contributed by atoms with van der Waals surface area (Å²) in [6.45, 7) is 1.01. The first-order valence-electron chi connectivity index (χ1n) is 8.23. The van der Waals surface area contributed by atoms with Gasteiger partial charge in [0.2, 0.25) is 0 Å². The fraction of sp³-hybridized carbons (Fsp3) is 0.278. The van der Waals surface area contributed by atoms with E-state index in [9.17, 15) is 4.79 Å². The lowest BCUT2D eigenvalue weighted by Crippen LogP contribution is -2.12. The van der Waals surface area contributed by atoms with E-state index in [0.29, 0.717) is 11.3 Å². The van der Waals surface area contributed by atoms with Crippen molar-refractivity contribution >= 4 is 45.8 Å². The van der Waals surface area contributed by atoms with E-state index in [1.807, 2.05) is 18.2 Å². The number of fused-ring (bicyclic) bond motifs is 3. The minimum absolute atomic E-state index is 0.180. The van der Waals surface area contributed by atoms with Gasteiger partial charge in [-0.1, -0.05) is 29.6 Å². The van der Waals surface area contributed by atoms with Gasteiger partial charge in [-0.15, -0.1) is 0 Å². The van der Waals surface area contributed by atoms with Gasteiger partial charge in [0.25, 0.3) is 5.91 Å². The lowest BCUT2D eigenvalue weighted by Gasteiger charge is -2.07. The molecule has 1 aliphatic rings. The number of carbonyl (C=O) groups is 1. The molecule has 1 aliphatic heterocycles. The predicted molar refractivity (Wildman–Crippen MR) is 99.5 cm³/mol. The maximum absolute atomic E-state index is 12.4. The summed E-state index contributed by atoms with van der Waals surface area (Å²) in [5, 5.41) is 3.29. The number of rotatable bonds is 2. The Morgan fingerprint density at radius 2 is 2.04 bits per heavy atom. The number of pyridine rings is 1. The highest BCUT2D eigenvalue weighted by molar-refractivity contribution is 6.41. The van der Waals surface area contributed by atoms with E-state index in [1.165, 1.54) is 31.5 Å². The Kier molecular flexibility index (Phi) is 4.36. The van der Waals surface area contributed by atoms with Crippen molar-refractivity contribution in [1.82, 2.24) is 14.5 Å². The number of nitrogens with one attached hydrogen (secondary N) is 1. The van der Waals surface area contributed by atoms with Crippen LogP contribution in [0, 0.1) is 0 Å². The lowest BCUT2D eigenvalue weighted by molar-refractivity contribution is 0.102. The van der Waals surface area contributed by atoms with E-state index in [2.05, 4.69) is 14.9 Å². The van der Waals surface area contributed by atoms with Crippen LogP contribution < -0.4 is 5.32 Å². The van der Waals surface area contributed by atoms with Crippen LogP contribution in [0.1, 0.15) is 35.4 Å². The number of hydrogen-bond donors (Lipinski definition) is 1. The van der Waals surface area contributed by atoms with Crippen molar-refractivity contribution in [2.45, 2.75) is 32.2 Å². The van der Waals surface area contributed by atoms with Crippen LogP contribution in [0.5, 0.6) is 0 Å². The fourth-order valence-corrected chi connectivity index (χ4v) is 3.45. The Morgan fingerprint density at radius 3 is 2.88 bits per heavy atom. The topological polar surface area (TPSA) is 59.8 Å². The largest absolute Gasteiger partial charge is 0.328 e. The van der Waals surface area contributed by atoms with E-state index >= 15 is 0 Å². The number of halogens is 2. The van der Waals surface area contributed by atoms with E-state index in [0.717, 1.165) is 29.8 Å². The van der Waals surface area contributed by atoms with Crippen LogP contribution in [0.3, 0.4) is 0 Å². The summed E-state index contributed by atoms with van der Waals surface area (Å²) in [5.41, 5.74) is 3.07. The molecule has 3 aromatic rings. The van der Waals surface area contributed by atoms with Crippen molar-refractivity contribution in [1.29, 1.82) is 0 Å². The molecule has 1 N–H and O–H groups in total. The second-order valence-electron chi connectivity index (χ2n) is 6.14. The summed E-state index contributed by atoms with van der Waals surface area (Å²) in [6.07, 6.45) is 6.02. The number of hydrogen-bond acceptors (Lipinski definition) is 3. The summed E-state index contributed by atoms with van der Waals surface area (Å²) >= 11 is 11.7. The van der Waals surface area contributed by atoms with Crippen LogP contribution in [-0.2, 0) is 13.0 Å². The van der Waals surface area contributed by atoms with Gasteiger partial charge in [0.15, 0.2) is 0 Å². The Hall–Kier alpha value is -2.11. The third-order valence-electron chi connectivity index (χ3n) is 4.43. The van der Waals surface area contributed by atoms with Gasteiger partial charge in [-0.3, -0.25) is 4.79 Å². The molecular formula is C18H16Cl2N4O. The normalized spacial score (nSPS) is 14.2. The minimum Gasteiger partial charge on any atom is -0.328 e. The van der Waals surface area contributed by atoms with Crippen molar-refractivity contribution in [3.05, 3.63) is 52.0 Å². The van der Waals surface area contributed by atoms with Crippen molar-refractivity contribution in [2.75, 3.05) is 5.32 Å². The Morgan fingerprint density at radius 1 is 1.16 bits per heavy atom. The van der Waals surface area contributed by atoms with E-state index < -0.39 is 0 Å². The van der Waals surface area contributed by atoms with Crippen molar-refractivity contribution in [3.63, 3.8) is 0 Å². The van der Waals surface area contributed by atoms with Crippen molar-refractivity contribution < 1.29 is 4.79 Å². The average molecular weight is 375 g/mol. The first-order chi connectivity index (χ1) is 12.1. The summed E-state index contributed by atoms with van der Waals surface area (Å²) in [6, 6.07) is 7.31. The van der Waals surface area contributed by atoms with Gasteiger partial charge in [-0.05, 0) is 37.1 Å². The fourth-order valence-electron chi connectivity index (χ4n) is 3.18.